The van der Waals surface area contributed by atoms with E-state index in [9.17, 15) is 9.59 Å². The topological polar surface area (TPSA) is 87.7 Å². The molecule has 0 fully saturated rings. The monoisotopic (exact) mass is 378 g/mol. The Kier molecular flexibility index (Phi) is 6.53. The summed E-state index contributed by atoms with van der Waals surface area (Å²) in [5, 5.41) is 4.04. The molecule has 6 heteroatoms. The number of fused-ring (bicyclic) bond motifs is 1. The fourth-order valence-corrected chi connectivity index (χ4v) is 3.30. The first kappa shape index (κ1) is 19.7. The van der Waals surface area contributed by atoms with E-state index in [0.717, 1.165) is 53.7 Å². The number of ketones is 1. The molecule has 0 spiro atoms. The molecule has 0 bridgehead atoms. The van der Waals surface area contributed by atoms with Gasteiger partial charge in [-0.15, -0.1) is 0 Å². The molecule has 3 aromatic rings. The number of imidazole rings is 1. The van der Waals surface area contributed by atoms with E-state index < -0.39 is 0 Å². The van der Waals surface area contributed by atoms with E-state index in [1.165, 1.54) is 6.92 Å². The number of pyridine rings is 1. The standard InChI is InChI=1S/C22H26N4O2/c1-15(27)8-4-3-5-11-20(25-16(2)28)22-24-14-21(26-22)18-12-17-9-6-7-10-19(17)23-13-18/h6-7,9-10,12-14,20H,3-5,8,11H2,1-2H3,(H,24,26)(H,25,28)/t20-/m1/s1. The van der Waals surface area contributed by atoms with E-state index in [2.05, 4.69) is 21.4 Å². The summed E-state index contributed by atoms with van der Waals surface area (Å²) in [5.41, 5.74) is 2.69. The molecule has 146 valence electrons. The van der Waals surface area contributed by atoms with Crippen molar-refractivity contribution in [2.75, 3.05) is 0 Å². The molecule has 0 saturated heterocycles. The third kappa shape index (κ3) is 5.25. The van der Waals surface area contributed by atoms with Crippen LogP contribution < -0.4 is 5.32 Å². The Balaban J connectivity index is 1.71. The van der Waals surface area contributed by atoms with Gasteiger partial charge >= 0.3 is 0 Å². The molecule has 0 radical (unpaired) electrons. The number of nitrogens with zero attached hydrogens (tertiary/aromatic N) is 2. The molecule has 28 heavy (non-hydrogen) atoms. The fraction of sp³-hybridized carbons (Fsp3) is 0.364. The summed E-state index contributed by atoms with van der Waals surface area (Å²) >= 11 is 0. The van der Waals surface area contributed by atoms with Crippen LogP contribution in [0.25, 0.3) is 22.2 Å². The van der Waals surface area contributed by atoms with Crippen molar-refractivity contribution >= 4 is 22.6 Å². The summed E-state index contributed by atoms with van der Waals surface area (Å²) in [5.74, 6) is 0.877. The molecule has 2 aromatic heterocycles. The molecule has 3 rings (SSSR count). The zero-order valence-electron chi connectivity index (χ0n) is 16.4. The molecule has 0 aliphatic heterocycles. The van der Waals surface area contributed by atoms with Crippen LogP contribution in [-0.4, -0.2) is 26.6 Å². The molecular weight excluding hydrogens is 352 g/mol. The Morgan fingerprint density at radius 2 is 1.96 bits per heavy atom. The maximum atomic E-state index is 11.6. The molecule has 0 aliphatic rings. The van der Waals surface area contributed by atoms with E-state index in [0.29, 0.717) is 6.42 Å². The normalized spacial score (nSPS) is 12.1. The second-order valence-corrected chi connectivity index (χ2v) is 7.14. The summed E-state index contributed by atoms with van der Waals surface area (Å²) in [7, 11) is 0. The number of para-hydroxylation sites is 1. The number of benzene rings is 1. The Hall–Kier alpha value is -3.02. The van der Waals surface area contributed by atoms with Gasteiger partial charge in [0.05, 0.1) is 17.3 Å². The van der Waals surface area contributed by atoms with E-state index in [1.807, 2.05) is 36.7 Å². The lowest BCUT2D eigenvalue weighted by Crippen LogP contribution is -2.26. The Labute approximate surface area is 164 Å². The number of hydrogen-bond acceptors (Lipinski definition) is 4. The highest BCUT2D eigenvalue weighted by Crippen LogP contribution is 2.24. The van der Waals surface area contributed by atoms with Gasteiger partial charge < -0.3 is 15.1 Å². The maximum Gasteiger partial charge on any atom is 0.217 e. The Morgan fingerprint density at radius 1 is 1.14 bits per heavy atom. The molecule has 1 aromatic carbocycles. The van der Waals surface area contributed by atoms with Crippen molar-refractivity contribution in [3.05, 3.63) is 48.5 Å². The molecule has 1 atom stereocenters. The van der Waals surface area contributed by atoms with Crippen LogP contribution in [0.15, 0.2) is 42.7 Å². The first-order chi connectivity index (χ1) is 13.5. The fourth-order valence-electron chi connectivity index (χ4n) is 3.30. The number of Topliss-reactive ketones (excluding diaryl/α,β-unsaturated/α-hetero) is 1. The number of rotatable bonds is 9. The minimum atomic E-state index is -0.169. The van der Waals surface area contributed by atoms with Crippen LogP contribution >= 0.6 is 0 Å². The minimum absolute atomic E-state index is 0.0842. The molecule has 2 heterocycles. The highest BCUT2D eigenvalue weighted by atomic mass is 16.1. The van der Waals surface area contributed by atoms with Gasteiger partial charge in [0.1, 0.15) is 11.6 Å². The second kappa shape index (κ2) is 9.26. The van der Waals surface area contributed by atoms with Gasteiger partial charge in [0.2, 0.25) is 5.91 Å². The molecular formula is C22H26N4O2. The van der Waals surface area contributed by atoms with Crippen LogP contribution in [-0.2, 0) is 9.59 Å². The smallest absolute Gasteiger partial charge is 0.217 e. The van der Waals surface area contributed by atoms with E-state index >= 15 is 0 Å². The van der Waals surface area contributed by atoms with Crippen molar-refractivity contribution in [1.29, 1.82) is 0 Å². The van der Waals surface area contributed by atoms with Crippen LogP contribution in [0, 0.1) is 0 Å². The SMILES string of the molecule is CC(=O)CCCCC[C@@H](NC(C)=O)c1nc(-c2cnc3ccccc3c2)c[nH]1. The number of nitrogens with one attached hydrogen (secondary N) is 2. The first-order valence-electron chi connectivity index (χ1n) is 9.70. The number of hydrogen-bond donors (Lipinski definition) is 2. The molecule has 1 amide bonds. The Bertz CT molecular complexity index is 964. The molecule has 0 unspecified atom stereocenters. The van der Waals surface area contributed by atoms with Crippen LogP contribution in [0.4, 0.5) is 0 Å². The third-order valence-electron chi connectivity index (χ3n) is 4.71. The second-order valence-electron chi connectivity index (χ2n) is 7.14. The zero-order valence-corrected chi connectivity index (χ0v) is 16.4. The number of carbonyl (C=O) groups is 2. The van der Waals surface area contributed by atoms with Crippen molar-refractivity contribution < 1.29 is 9.59 Å². The largest absolute Gasteiger partial charge is 0.346 e. The lowest BCUT2D eigenvalue weighted by Gasteiger charge is -2.15. The molecule has 0 aliphatic carbocycles. The molecule has 6 nitrogen and oxygen atoms in total. The predicted molar refractivity (Wildman–Crippen MR) is 110 cm³/mol. The van der Waals surface area contributed by atoms with Gasteiger partial charge in [0, 0.05) is 36.7 Å². The summed E-state index contributed by atoms with van der Waals surface area (Å²) < 4.78 is 0. The van der Waals surface area contributed by atoms with Gasteiger partial charge in [-0.3, -0.25) is 9.78 Å². The van der Waals surface area contributed by atoms with Gasteiger partial charge in [-0.2, -0.15) is 0 Å². The lowest BCUT2D eigenvalue weighted by molar-refractivity contribution is -0.120. The van der Waals surface area contributed by atoms with Crippen LogP contribution in [0.3, 0.4) is 0 Å². The van der Waals surface area contributed by atoms with Crippen LogP contribution in [0.2, 0.25) is 0 Å². The first-order valence-corrected chi connectivity index (χ1v) is 9.70. The maximum absolute atomic E-state index is 11.6. The van der Waals surface area contributed by atoms with Gasteiger partial charge in [0.15, 0.2) is 0 Å². The third-order valence-corrected chi connectivity index (χ3v) is 4.71. The van der Waals surface area contributed by atoms with Crippen molar-refractivity contribution in [3.8, 4) is 11.3 Å². The van der Waals surface area contributed by atoms with E-state index in [4.69, 9.17) is 4.98 Å². The molecule has 0 saturated carbocycles. The number of aromatic nitrogens is 3. The van der Waals surface area contributed by atoms with Crippen LogP contribution in [0.5, 0.6) is 0 Å². The highest BCUT2D eigenvalue weighted by Gasteiger charge is 2.17. The molecule has 2 N–H and O–H groups in total. The zero-order chi connectivity index (χ0) is 19.9. The quantitative estimate of drug-likeness (QED) is 0.542. The number of aromatic amines is 1. The van der Waals surface area contributed by atoms with Gasteiger partial charge in [-0.25, -0.2) is 4.98 Å². The van der Waals surface area contributed by atoms with Crippen LogP contribution in [0.1, 0.15) is 57.8 Å². The summed E-state index contributed by atoms with van der Waals surface area (Å²) in [6.45, 7) is 3.13. The number of unbranched alkanes of at least 4 members (excludes halogenated alkanes) is 2. The summed E-state index contributed by atoms with van der Waals surface area (Å²) in [6.07, 6.45) is 7.83. The van der Waals surface area contributed by atoms with Crippen molar-refractivity contribution in [2.24, 2.45) is 0 Å². The average Bonchev–Trinajstić information content (AvgIpc) is 3.16. The predicted octanol–water partition coefficient (Wildman–Crippen LogP) is 4.34. The highest BCUT2D eigenvalue weighted by molar-refractivity contribution is 5.82. The van der Waals surface area contributed by atoms with Crippen molar-refractivity contribution in [2.45, 2.75) is 52.0 Å². The minimum Gasteiger partial charge on any atom is -0.346 e. The van der Waals surface area contributed by atoms with Crippen molar-refractivity contribution in [3.63, 3.8) is 0 Å². The summed E-state index contributed by atoms with van der Waals surface area (Å²) in [6, 6.07) is 9.86. The lowest BCUT2D eigenvalue weighted by atomic mass is 10.1. The van der Waals surface area contributed by atoms with Gasteiger partial charge in [0.25, 0.3) is 0 Å². The number of carbonyl (C=O) groups excluding carboxylic acids is 2. The summed E-state index contributed by atoms with van der Waals surface area (Å²) in [4.78, 5) is 35.1. The van der Waals surface area contributed by atoms with E-state index in [-0.39, 0.29) is 17.7 Å². The number of amides is 1. The van der Waals surface area contributed by atoms with Crippen molar-refractivity contribution in [1.82, 2.24) is 20.3 Å². The Morgan fingerprint density at radius 3 is 2.75 bits per heavy atom. The number of H-pyrrole nitrogens is 1. The average molecular weight is 378 g/mol. The van der Waals surface area contributed by atoms with Gasteiger partial charge in [-0.1, -0.05) is 31.0 Å². The van der Waals surface area contributed by atoms with Gasteiger partial charge in [-0.05, 0) is 31.9 Å². The van der Waals surface area contributed by atoms with E-state index in [1.54, 1.807) is 6.92 Å².